The molecule has 0 atom stereocenters. The number of nitrogens with zero attached hydrogens (tertiary/aromatic N) is 1. The van der Waals surface area contributed by atoms with E-state index in [2.05, 4.69) is 73.5 Å². The third-order valence-corrected chi connectivity index (χ3v) is 4.41. The van der Waals surface area contributed by atoms with Crippen LogP contribution in [0.2, 0.25) is 0 Å². The van der Waals surface area contributed by atoms with Gasteiger partial charge in [-0.3, -0.25) is 5.41 Å². The van der Waals surface area contributed by atoms with E-state index >= 15 is 0 Å². The van der Waals surface area contributed by atoms with Crippen molar-refractivity contribution in [1.82, 2.24) is 0 Å². The second-order valence-corrected chi connectivity index (χ2v) is 6.45. The fraction of sp³-hybridized carbons (Fsp3) is 0.286. The number of hydrogen-bond acceptors (Lipinski definition) is 1. The van der Waals surface area contributed by atoms with E-state index in [9.17, 15) is 0 Å². The maximum atomic E-state index is 8.63. The van der Waals surface area contributed by atoms with E-state index < -0.39 is 0 Å². The molecule has 1 aliphatic rings. The number of rotatable bonds is 4. The minimum atomic E-state index is 0.194. The minimum Gasteiger partial charge on any atom is -0.326 e. The van der Waals surface area contributed by atoms with Crippen LogP contribution in [-0.4, -0.2) is 12.0 Å². The van der Waals surface area contributed by atoms with Crippen LogP contribution in [-0.2, 0) is 12.8 Å². The number of anilines is 2. The number of allylic oxidation sites excluding steroid dienone is 1. The Morgan fingerprint density at radius 3 is 2.75 bits per heavy atom. The molecule has 0 bridgehead atoms. The highest BCUT2D eigenvalue weighted by atomic mass is 15.3. The van der Waals surface area contributed by atoms with Gasteiger partial charge in [-0.05, 0) is 56.0 Å². The van der Waals surface area contributed by atoms with Crippen molar-refractivity contribution < 1.29 is 0 Å². The highest BCUT2D eigenvalue weighted by molar-refractivity contribution is 6.05. The Balaban J connectivity index is 1.90. The summed E-state index contributed by atoms with van der Waals surface area (Å²) in [7, 11) is 0. The summed E-state index contributed by atoms with van der Waals surface area (Å²) in [6.07, 6.45) is 6.33. The molecule has 0 heterocycles. The van der Waals surface area contributed by atoms with E-state index in [4.69, 9.17) is 5.41 Å². The zero-order chi connectivity index (χ0) is 17.1. The van der Waals surface area contributed by atoms with Gasteiger partial charge in [0.25, 0.3) is 0 Å². The number of guanidine groups is 1. The molecule has 2 aromatic carbocycles. The average molecular weight is 319 g/mol. The molecule has 3 heteroatoms. The first kappa shape index (κ1) is 16.3. The first-order valence-corrected chi connectivity index (χ1v) is 8.62. The van der Waals surface area contributed by atoms with E-state index in [0.29, 0.717) is 5.96 Å². The lowest BCUT2D eigenvalue weighted by atomic mass is 10.1. The molecule has 0 unspecified atom stereocenters. The highest BCUT2D eigenvalue weighted by Gasteiger charge is 2.21. The summed E-state index contributed by atoms with van der Waals surface area (Å²) in [4.78, 5) is 2.06. The molecule has 1 aliphatic carbocycles. The van der Waals surface area contributed by atoms with Crippen LogP contribution in [0.25, 0.3) is 6.08 Å². The highest BCUT2D eigenvalue weighted by Crippen LogP contribution is 2.31. The van der Waals surface area contributed by atoms with Gasteiger partial charge in [0, 0.05) is 17.3 Å². The molecule has 3 rings (SSSR count). The molecule has 24 heavy (non-hydrogen) atoms. The van der Waals surface area contributed by atoms with Gasteiger partial charge in [0.05, 0.1) is 5.69 Å². The number of nitrogens with one attached hydrogen (secondary N) is 2. The molecule has 0 radical (unpaired) electrons. The second-order valence-electron chi connectivity index (χ2n) is 6.45. The largest absolute Gasteiger partial charge is 0.326 e. The van der Waals surface area contributed by atoms with E-state index in [0.717, 1.165) is 24.2 Å². The van der Waals surface area contributed by atoms with Gasteiger partial charge in [-0.1, -0.05) is 43.3 Å². The quantitative estimate of drug-likeness (QED) is 0.609. The van der Waals surface area contributed by atoms with Crippen LogP contribution in [0.5, 0.6) is 0 Å². The lowest BCUT2D eigenvalue weighted by Gasteiger charge is -2.31. The van der Waals surface area contributed by atoms with Gasteiger partial charge in [-0.15, -0.1) is 0 Å². The molecule has 0 fully saturated rings. The van der Waals surface area contributed by atoms with Crippen molar-refractivity contribution in [1.29, 1.82) is 5.41 Å². The van der Waals surface area contributed by atoms with Gasteiger partial charge in [-0.25, -0.2) is 0 Å². The van der Waals surface area contributed by atoms with Crippen LogP contribution >= 0.6 is 0 Å². The first-order valence-electron chi connectivity index (χ1n) is 8.62. The van der Waals surface area contributed by atoms with Crippen LogP contribution in [0.4, 0.5) is 11.4 Å². The molecule has 0 saturated heterocycles. The van der Waals surface area contributed by atoms with E-state index in [1.54, 1.807) is 0 Å². The summed E-state index contributed by atoms with van der Waals surface area (Å²) in [6, 6.07) is 14.8. The lowest BCUT2D eigenvalue weighted by molar-refractivity contribution is 0.801. The summed E-state index contributed by atoms with van der Waals surface area (Å²) in [6.45, 7) is 6.39. The standard InChI is InChI=1S/C21H25N3/c1-4-16-8-5-11-18(14-16)23-21(22)24(15(2)3)20-13-7-10-17-9-6-12-19(17)20/h5-8,10-15H,4,9H2,1-3H3,(H2,22,23). The monoisotopic (exact) mass is 319 g/mol. The van der Waals surface area contributed by atoms with E-state index in [1.807, 2.05) is 12.1 Å². The smallest absolute Gasteiger partial charge is 0.200 e. The van der Waals surface area contributed by atoms with Gasteiger partial charge >= 0.3 is 0 Å². The Bertz CT molecular complexity index is 774. The van der Waals surface area contributed by atoms with Crippen molar-refractivity contribution in [3.05, 3.63) is 65.2 Å². The molecule has 2 aromatic rings. The molecule has 2 N–H and O–H groups in total. The maximum Gasteiger partial charge on any atom is 0.200 e. The number of aryl methyl sites for hydroxylation is 1. The number of benzene rings is 2. The van der Waals surface area contributed by atoms with Gasteiger partial charge < -0.3 is 10.2 Å². The Labute approximate surface area is 144 Å². The van der Waals surface area contributed by atoms with Crippen molar-refractivity contribution in [3.8, 4) is 0 Å². The fourth-order valence-corrected chi connectivity index (χ4v) is 3.21. The molecular formula is C21H25N3. The van der Waals surface area contributed by atoms with Gasteiger partial charge in [0.15, 0.2) is 5.96 Å². The molecule has 0 amide bonds. The van der Waals surface area contributed by atoms with Crippen LogP contribution in [0.15, 0.2) is 48.5 Å². The summed E-state index contributed by atoms with van der Waals surface area (Å²) < 4.78 is 0. The van der Waals surface area contributed by atoms with E-state index in [1.165, 1.54) is 16.7 Å². The third kappa shape index (κ3) is 3.21. The molecule has 0 saturated carbocycles. The van der Waals surface area contributed by atoms with Crippen molar-refractivity contribution in [2.75, 3.05) is 10.2 Å². The zero-order valence-electron chi connectivity index (χ0n) is 14.6. The normalized spacial score (nSPS) is 12.3. The second kappa shape index (κ2) is 6.91. The SMILES string of the molecule is CCc1cccc(NC(=N)N(c2cccc3c2C=CC3)C(C)C)c1. The maximum absolute atomic E-state index is 8.63. The van der Waals surface area contributed by atoms with Crippen LogP contribution in [0, 0.1) is 5.41 Å². The van der Waals surface area contributed by atoms with Gasteiger partial charge in [0.2, 0.25) is 0 Å². The summed E-state index contributed by atoms with van der Waals surface area (Å²) in [5, 5.41) is 11.9. The summed E-state index contributed by atoms with van der Waals surface area (Å²) in [5.41, 5.74) is 5.90. The van der Waals surface area contributed by atoms with Crippen molar-refractivity contribution >= 4 is 23.4 Å². The Hall–Kier alpha value is -2.55. The predicted molar refractivity (Wildman–Crippen MR) is 104 cm³/mol. The Morgan fingerprint density at radius 1 is 1.21 bits per heavy atom. The summed E-state index contributed by atoms with van der Waals surface area (Å²) >= 11 is 0. The van der Waals surface area contributed by atoms with Crippen molar-refractivity contribution in [2.45, 2.75) is 39.7 Å². The molecule has 3 nitrogen and oxygen atoms in total. The average Bonchev–Trinajstić information content (AvgIpc) is 3.04. The van der Waals surface area contributed by atoms with Crippen LogP contribution < -0.4 is 10.2 Å². The fourth-order valence-electron chi connectivity index (χ4n) is 3.21. The molecule has 0 aromatic heterocycles. The predicted octanol–water partition coefficient (Wildman–Crippen LogP) is 5.08. The van der Waals surface area contributed by atoms with E-state index in [-0.39, 0.29) is 6.04 Å². The van der Waals surface area contributed by atoms with Crippen molar-refractivity contribution in [2.24, 2.45) is 0 Å². The zero-order valence-corrected chi connectivity index (χ0v) is 14.6. The number of hydrogen-bond donors (Lipinski definition) is 2. The molecular weight excluding hydrogens is 294 g/mol. The first-order chi connectivity index (χ1) is 11.6. The van der Waals surface area contributed by atoms with Crippen LogP contribution in [0.3, 0.4) is 0 Å². The van der Waals surface area contributed by atoms with Gasteiger partial charge in [-0.2, -0.15) is 0 Å². The Morgan fingerprint density at radius 2 is 2.00 bits per heavy atom. The van der Waals surface area contributed by atoms with Crippen molar-refractivity contribution in [3.63, 3.8) is 0 Å². The summed E-state index contributed by atoms with van der Waals surface area (Å²) in [5.74, 6) is 0.409. The molecule has 0 aliphatic heterocycles. The minimum absolute atomic E-state index is 0.194. The van der Waals surface area contributed by atoms with Crippen LogP contribution in [0.1, 0.15) is 37.5 Å². The lowest BCUT2D eigenvalue weighted by Crippen LogP contribution is -2.41. The topological polar surface area (TPSA) is 39.1 Å². The van der Waals surface area contributed by atoms with Gasteiger partial charge in [0.1, 0.15) is 0 Å². The molecule has 124 valence electrons. The molecule has 0 spiro atoms. The third-order valence-electron chi connectivity index (χ3n) is 4.41. The Kier molecular flexibility index (Phi) is 4.70. The number of fused-ring (bicyclic) bond motifs is 1.